The minimum Gasteiger partial charge on any atom is -0.349 e. The number of hydrogen-bond donors (Lipinski definition) is 1. The molecule has 3 aliphatic rings. The van der Waals surface area contributed by atoms with E-state index in [4.69, 9.17) is 11.6 Å². The number of amides is 1. The van der Waals surface area contributed by atoms with E-state index in [1.807, 2.05) is 18.2 Å². The van der Waals surface area contributed by atoms with Gasteiger partial charge in [-0.3, -0.25) is 9.10 Å². The Morgan fingerprint density at radius 1 is 1.16 bits per heavy atom. The Kier molecular flexibility index (Phi) is 5.25. The maximum Gasteiger partial charge on any atom is 0.265 e. The van der Waals surface area contributed by atoms with Crippen LogP contribution in [0.15, 0.2) is 47.4 Å². The van der Waals surface area contributed by atoms with Crippen LogP contribution in [-0.2, 0) is 16.4 Å². The van der Waals surface area contributed by atoms with Crippen LogP contribution in [0.4, 0.5) is 5.69 Å². The largest absolute Gasteiger partial charge is 0.349 e. The first-order valence-electron chi connectivity index (χ1n) is 11.1. The topological polar surface area (TPSA) is 66.5 Å². The first-order chi connectivity index (χ1) is 14.8. The molecule has 1 N–H and O–H groups in total. The van der Waals surface area contributed by atoms with Gasteiger partial charge in [-0.2, -0.15) is 0 Å². The Morgan fingerprint density at radius 2 is 1.97 bits per heavy atom. The molecule has 4 atom stereocenters. The molecule has 1 heterocycles. The van der Waals surface area contributed by atoms with E-state index in [2.05, 4.69) is 12.2 Å². The number of fused-ring (bicyclic) bond motifs is 3. The molecule has 2 aliphatic carbocycles. The molecule has 1 amide bonds. The lowest BCUT2D eigenvalue weighted by molar-refractivity contribution is 0.0915. The number of benzene rings is 2. The predicted molar refractivity (Wildman–Crippen MR) is 122 cm³/mol. The number of para-hydroxylation sites is 1. The lowest BCUT2D eigenvalue weighted by Gasteiger charge is -2.28. The van der Waals surface area contributed by atoms with Gasteiger partial charge in [0.05, 0.1) is 10.7 Å². The molecule has 31 heavy (non-hydrogen) atoms. The first kappa shape index (κ1) is 20.8. The van der Waals surface area contributed by atoms with E-state index in [0.29, 0.717) is 36.1 Å². The van der Waals surface area contributed by atoms with Gasteiger partial charge in [0, 0.05) is 18.2 Å². The summed E-state index contributed by atoms with van der Waals surface area (Å²) in [6.07, 6.45) is 5.70. The van der Waals surface area contributed by atoms with Gasteiger partial charge in [0.1, 0.15) is 4.90 Å². The molecule has 1 aliphatic heterocycles. The number of carbonyl (C=O) groups is 1. The molecule has 2 aromatic carbocycles. The Bertz CT molecular complexity index is 1130. The van der Waals surface area contributed by atoms with Gasteiger partial charge in [0.25, 0.3) is 15.9 Å². The standard InChI is InChI=1S/C24H27ClN2O3S/c1-15(20-13-16-6-7-18(20)12-16)26-24(28)19-8-9-21(25)23(14-19)31(29,30)27-11-10-17-4-2-3-5-22(17)27/h2-5,8-9,14-16,18,20H,6-7,10-13H2,1H3,(H,26,28)/t15-,16-,18-,20-/m0/s1. The number of hydrogen-bond acceptors (Lipinski definition) is 3. The van der Waals surface area contributed by atoms with Crippen LogP contribution < -0.4 is 9.62 Å². The molecular weight excluding hydrogens is 432 g/mol. The molecule has 0 saturated heterocycles. The SMILES string of the molecule is C[C@H](NC(=O)c1ccc(Cl)c(S(=O)(=O)N2CCc3ccccc32)c1)[C@@H]1C[C@H]2CC[C@H]1C2. The van der Waals surface area contributed by atoms with Gasteiger partial charge in [0.15, 0.2) is 0 Å². The van der Waals surface area contributed by atoms with Crippen LogP contribution in [0.3, 0.4) is 0 Å². The molecule has 2 bridgehead atoms. The maximum absolute atomic E-state index is 13.4. The van der Waals surface area contributed by atoms with E-state index in [0.717, 1.165) is 11.5 Å². The zero-order chi connectivity index (χ0) is 21.8. The zero-order valence-electron chi connectivity index (χ0n) is 17.6. The summed E-state index contributed by atoms with van der Waals surface area (Å²) in [7, 11) is -3.87. The first-order valence-corrected chi connectivity index (χ1v) is 12.9. The summed E-state index contributed by atoms with van der Waals surface area (Å²) in [5, 5.41) is 3.24. The summed E-state index contributed by atoms with van der Waals surface area (Å²) >= 11 is 6.31. The molecule has 7 heteroatoms. The second-order valence-corrected chi connectivity index (χ2v) is 11.4. The highest BCUT2D eigenvalue weighted by Crippen LogP contribution is 2.49. The van der Waals surface area contributed by atoms with Gasteiger partial charge < -0.3 is 5.32 Å². The number of anilines is 1. The summed E-state index contributed by atoms with van der Waals surface area (Å²) < 4.78 is 28.2. The van der Waals surface area contributed by atoms with Gasteiger partial charge in [0.2, 0.25) is 0 Å². The van der Waals surface area contributed by atoms with Crippen molar-refractivity contribution in [3.8, 4) is 0 Å². The fourth-order valence-corrected chi connectivity index (χ4v) is 7.83. The van der Waals surface area contributed by atoms with Gasteiger partial charge in [-0.05, 0) is 80.2 Å². The Hall–Kier alpha value is -2.05. The monoisotopic (exact) mass is 458 g/mol. The Morgan fingerprint density at radius 3 is 2.71 bits per heavy atom. The van der Waals surface area contributed by atoms with Crippen molar-refractivity contribution in [1.29, 1.82) is 0 Å². The van der Waals surface area contributed by atoms with E-state index < -0.39 is 10.0 Å². The third-order valence-electron chi connectivity index (χ3n) is 7.40. The highest BCUT2D eigenvalue weighted by atomic mass is 35.5. The van der Waals surface area contributed by atoms with E-state index in [-0.39, 0.29) is 21.9 Å². The fraction of sp³-hybridized carbons (Fsp3) is 0.458. The van der Waals surface area contributed by atoms with Crippen LogP contribution in [0, 0.1) is 17.8 Å². The lowest BCUT2D eigenvalue weighted by Crippen LogP contribution is -2.40. The highest BCUT2D eigenvalue weighted by molar-refractivity contribution is 7.93. The molecule has 5 rings (SSSR count). The average Bonchev–Trinajstić information content (AvgIpc) is 3.49. The number of nitrogens with zero attached hydrogens (tertiary/aromatic N) is 1. The minimum atomic E-state index is -3.87. The number of nitrogens with one attached hydrogen (secondary N) is 1. The van der Waals surface area contributed by atoms with Crippen LogP contribution in [0.2, 0.25) is 5.02 Å². The quantitative estimate of drug-likeness (QED) is 0.709. The summed E-state index contributed by atoms with van der Waals surface area (Å²) in [5.41, 5.74) is 2.00. The van der Waals surface area contributed by atoms with Crippen LogP contribution in [-0.4, -0.2) is 26.9 Å². The normalized spacial score (nSPS) is 25.5. The van der Waals surface area contributed by atoms with Crippen molar-refractivity contribution in [3.63, 3.8) is 0 Å². The summed E-state index contributed by atoms with van der Waals surface area (Å²) in [4.78, 5) is 12.9. The van der Waals surface area contributed by atoms with E-state index in [9.17, 15) is 13.2 Å². The maximum atomic E-state index is 13.4. The van der Waals surface area contributed by atoms with Gasteiger partial charge >= 0.3 is 0 Å². The highest BCUT2D eigenvalue weighted by Gasteiger charge is 2.42. The molecular formula is C24H27ClN2O3S. The van der Waals surface area contributed by atoms with Crippen LogP contribution in [0.5, 0.6) is 0 Å². The average molecular weight is 459 g/mol. The van der Waals surface area contributed by atoms with Crippen molar-refractivity contribution in [1.82, 2.24) is 5.32 Å². The van der Waals surface area contributed by atoms with Crippen molar-refractivity contribution in [2.45, 2.75) is 50.0 Å². The molecule has 2 aromatic rings. The Labute approximate surface area is 188 Å². The van der Waals surface area contributed by atoms with Gasteiger partial charge in [-0.15, -0.1) is 0 Å². The molecule has 2 saturated carbocycles. The van der Waals surface area contributed by atoms with Crippen molar-refractivity contribution < 1.29 is 13.2 Å². The molecule has 0 spiro atoms. The number of carbonyl (C=O) groups excluding carboxylic acids is 1. The van der Waals surface area contributed by atoms with Crippen LogP contribution >= 0.6 is 11.6 Å². The van der Waals surface area contributed by atoms with Gasteiger partial charge in [-0.1, -0.05) is 36.2 Å². The van der Waals surface area contributed by atoms with Crippen molar-refractivity contribution >= 4 is 33.2 Å². The summed E-state index contributed by atoms with van der Waals surface area (Å²) in [5.74, 6) is 1.78. The minimum absolute atomic E-state index is 0.0221. The molecule has 2 fully saturated rings. The second kappa shape index (κ2) is 7.82. The molecule has 0 aromatic heterocycles. The predicted octanol–water partition coefficient (Wildman–Crippen LogP) is 4.65. The van der Waals surface area contributed by atoms with E-state index in [1.54, 1.807) is 12.1 Å². The van der Waals surface area contributed by atoms with Crippen LogP contribution in [0.25, 0.3) is 0 Å². The molecule has 5 nitrogen and oxygen atoms in total. The number of rotatable bonds is 5. The van der Waals surface area contributed by atoms with E-state index in [1.165, 1.54) is 42.1 Å². The second-order valence-electron chi connectivity index (χ2n) is 9.20. The lowest BCUT2D eigenvalue weighted by atomic mass is 9.84. The summed E-state index contributed by atoms with van der Waals surface area (Å²) in [6.45, 7) is 2.44. The molecule has 0 radical (unpaired) electrons. The fourth-order valence-electron chi connectivity index (χ4n) is 5.82. The smallest absolute Gasteiger partial charge is 0.265 e. The van der Waals surface area contributed by atoms with Crippen molar-refractivity contribution in [3.05, 3.63) is 58.6 Å². The third-order valence-corrected chi connectivity index (χ3v) is 9.69. The third kappa shape index (κ3) is 3.64. The number of halogens is 1. The Balaban J connectivity index is 1.38. The molecule has 0 unspecified atom stereocenters. The summed E-state index contributed by atoms with van der Waals surface area (Å²) in [6, 6.07) is 12.1. The van der Waals surface area contributed by atoms with E-state index >= 15 is 0 Å². The molecule has 164 valence electrons. The van der Waals surface area contributed by atoms with Crippen molar-refractivity contribution in [2.24, 2.45) is 17.8 Å². The van der Waals surface area contributed by atoms with Crippen LogP contribution in [0.1, 0.15) is 48.5 Å². The van der Waals surface area contributed by atoms with Crippen molar-refractivity contribution in [2.75, 3.05) is 10.8 Å². The van der Waals surface area contributed by atoms with Gasteiger partial charge in [-0.25, -0.2) is 8.42 Å². The number of sulfonamides is 1. The zero-order valence-corrected chi connectivity index (χ0v) is 19.1.